The maximum Gasteiger partial charge on any atom is 0.123 e. The first-order valence-corrected chi connectivity index (χ1v) is 8.92. The second kappa shape index (κ2) is 7.04. The number of hydrogen-bond donors (Lipinski definition) is 1. The quantitative estimate of drug-likeness (QED) is 0.618. The largest absolute Gasteiger partial charge is 0.399 e. The fraction of sp³-hybridized carbons (Fsp3) is 0.278. The summed E-state index contributed by atoms with van der Waals surface area (Å²) in [4.78, 5) is 1.19. The van der Waals surface area contributed by atoms with Gasteiger partial charge in [0.2, 0.25) is 0 Å². The van der Waals surface area contributed by atoms with Crippen LogP contribution in [0.5, 0.6) is 0 Å². The van der Waals surface area contributed by atoms with Gasteiger partial charge in [-0.3, -0.25) is 9.58 Å². The third-order valence-electron chi connectivity index (χ3n) is 4.41. The van der Waals surface area contributed by atoms with Crippen molar-refractivity contribution >= 4 is 34.8 Å². The molecule has 0 spiro atoms. The van der Waals surface area contributed by atoms with Crippen LogP contribution in [0, 0.1) is 5.92 Å². The van der Waals surface area contributed by atoms with Crippen LogP contribution in [0.25, 0.3) is 0 Å². The first-order valence-electron chi connectivity index (χ1n) is 7.79. The van der Waals surface area contributed by atoms with Gasteiger partial charge < -0.3 is 5.73 Å². The van der Waals surface area contributed by atoms with E-state index in [4.69, 9.17) is 40.5 Å². The van der Waals surface area contributed by atoms with E-state index in [0.717, 1.165) is 5.56 Å². The van der Waals surface area contributed by atoms with E-state index in [2.05, 4.69) is 5.10 Å². The number of alkyl halides is 1. The van der Waals surface area contributed by atoms with E-state index >= 15 is 0 Å². The van der Waals surface area contributed by atoms with E-state index in [9.17, 15) is 0 Å². The predicted molar refractivity (Wildman–Crippen MR) is 104 cm³/mol. The van der Waals surface area contributed by atoms with E-state index in [1.807, 2.05) is 66.3 Å². The summed E-state index contributed by atoms with van der Waals surface area (Å²) < 4.78 is 1.86. The Morgan fingerprint density at radius 1 is 1.24 bits per heavy atom. The average molecular weight is 398 g/mol. The minimum Gasteiger partial charge on any atom is -0.399 e. The van der Waals surface area contributed by atoms with Crippen molar-refractivity contribution in [1.82, 2.24) is 14.7 Å². The van der Waals surface area contributed by atoms with Gasteiger partial charge >= 0.3 is 0 Å². The summed E-state index contributed by atoms with van der Waals surface area (Å²) in [5.74, 6) is -0.191. The van der Waals surface area contributed by atoms with Gasteiger partial charge in [0, 0.05) is 34.1 Å². The lowest BCUT2D eigenvalue weighted by molar-refractivity contribution is 0.199. The molecule has 0 saturated heterocycles. The summed E-state index contributed by atoms with van der Waals surface area (Å²) in [6.07, 6.45) is 9.34. The highest BCUT2D eigenvalue weighted by molar-refractivity contribution is 6.34. The summed E-state index contributed by atoms with van der Waals surface area (Å²) in [5.41, 5.74) is 7.67. The zero-order chi connectivity index (χ0) is 18.2. The third kappa shape index (κ3) is 3.58. The number of nitrogens with zero attached hydrogens (tertiary/aromatic N) is 3. The number of hydrogen-bond acceptors (Lipinski definition) is 3. The van der Waals surface area contributed by atoms with Crippen LogP contribution < -0.4 is 5.73 Å². The highest BCUT2D eigenvalue weighted by Gasteiger charge is 2.43. The monoisotopic (exact) mass is 396 g/mol. The van der Waals surface area contributed by atoms with Gasteiger partial charge in [0.05, 0.1) is 6.04 Å². The number of benzene rings is 1. The Kier molecular flexibility index (Phi) is 5.16. The van der Waals surface area contributed by atoms with Crippen LogP contribution >= 0.6 is 34.8 Å². The summed E-state index contributed by atoms with van der Waals surface area (Å²) in [5, 5.41) is 5.56. The minimum atomic E-state index is -0.770. The fourth-order valence-electron chi connectivity index (χ4n) is 3.18. The standard InChI is InChI=1S/C18H19Cl3N4/c1-24(2)18(21)5-4-15(22)11-16(18)17(25-7-3-6-23-25)12-8-13(19)10-14(20)9-12/h3-11,16-17H,22H2,1-2H3. The van der Waals surface area contributed by atoms with E-state index in [1.54, 1.807) is 12.3 Å². The van der Waals surface area contributed by atoms with Gasteiger partial charge in [0.25, 0.3) is 0 Å². The second-order valence-corrected chi connectivity index (χ2v) is 7.76. The lowest BCUT2D eigenvalue weighted by Crippen LogP contribution is -2.48. The van der Waals surface area contributed by atoms with Crippen LogP contribution in [0.2, 0.25) is 10.0 Å². The Balaban J connectivity index is 2.19. The van der Waals surface area contributed by atoms with Gasteiger partial charge in [0.15, 0.2) is 0 Å². The molecule has 1 aromatic heterocycles. The van der Waals surface area contributed by atoms with Gasteiger partial charge in [0.1, 0.15) is 5.00 Å². The fourth-order valence-corrected chi connectivity index (χ4v) is 3.97. The Hall–Kier alpha value is -1.46. The van der Waals surface area contributed by atoms with Crippen molar-refractivity contribution in [2.75, 3.05) is 14.1 Å². The highest BCUT2D eigenvalue weighted by atomic mass is 35.5. The molecule has 0 bridgehead atoms. The van der Waals surface area contributed by atoms with Crippen LogP contribution in [-0.2, 0) is 0 Å². The van der Waals surface area contributed by atoms with Gasteiger partial charge in [-0.1, -0.05) is 40.9 Å². The molecule has 3 rings (SSSR count). The van der Waals surface area contributed by atoms with Crippen LogP contribution in [0.3, 0.4) is 0 Å². The molecule has 0 aliphatic heterocycles. The van der Waals surface area contributed by atoms with Crippen molar-refractivity contribution in [3.63, 3.8) is 0 Å². The van der Waals surface area contributed by atoms with Crippen molar-refractivity contribution < 1.29 is 0 Å². The van der Waals surface area contributed by atoms with Gasteiger partial charge in [-0.15, -0.1) is 0 Å². The van der Waals surface area contributed by atoms with Crippen molar-refractivity contribution in [2.45, 2.75) is 11.0 Å². The molecule has 1 aromatic carbocycles. The van der Waals surface area contributed by atoms with Crippen molar-refractivity contribution in [3.05, 3.63) is 76.2 Å². The summed E-state index contributed by atoms with van der Waals surface area (Å²) in [6.45, 7) is 0. The Morgan fingerprint density at radius 2 is 1.92 bits per heavy atom. The Bertz CT molecular complexity index is 793. The number of halogens is 3. The molecule has 4 nitrogen and oxygen atoms in total. The number of nitrogens with two attached hydrogens (primary N) is 1. The second-order valence-electron chi connectivity index (χ2n) is 6.28. The molecule has 0 amide bonds. The first kappa shape index (κ1) is 18.3. The molecule has 2 N–H and O–H groups in total. The average Bonchev–Trinajstić information content (AvgIpc) is 3.04. The number of allylic oxidation sites excluding steroid dienone is 1. The molecule has 0 saturated carbocycles. The Labute approximate surface area is 162 Å². The topological polar surface area (TPSA) is 47.1 Å². The lowest BCUT2D eigenvalue weighted by atomic mass is 9.82. The minimum absolute atomic E-state index is 0.191. The molecule has 0 radical (unpaired) electrons. The predicted octanol–water partition coefficient (Wildman–Crippen LogP) is 4.30. The lowest BCUT2D eigenvalue weighted by Gasteiger charge is -2.43. The van der Waals surface area contributed by atoms with E-state index in [0.29, 0.717) is 15.7 Å². The zero-order valence-corrected chi connectivity index (χ0v) is 16.2. The molecule has 2 aromatic rings. The van der Waals surface area contributed by atoms with E-state index < -0.39 is 5.00 Å². The molecule has 1 heterocycles. The third-order valence-corrected chi connectivity index (χ3v) is 5.56. The molecule has 7 heteroatoms. The van der Waals surface area contributed by atoms with Gasteiger partial charge in [-0.25, -0.2) is 0 Å². The van der Waals surface area contributed by atoms with Crippen LogP contribution in [0.4, 0.5) is 0 Å². The molecule has 25 heavy (non-hydrogen) atoms. The van der Waals surface area contributed by atoms with Crippen molar-refractivity contribution in [2.24, 2.45) is 11.7 Å². The number of likely N-dealkylation sites (N-methyl/N-ethyl adjacent to an activating group) is 1. The maximum atomic E-state index is 7.01. The number of aromatic nitrogens is 2. The highest BCUT2D eigenvalue weighted by Crippen LogP contribution is 2.44. The molecule has 1 aliphatic rings. The molecule has 1 aliphatic carbocycles. The van der Waals surface area contributed by atoms with E-state index in [1.165, 1.54) is 0 Å². The molecule has 0 fully saturated rings. The first-order chi connectivity index (χ1) is 11.8. The van der Waals surface area contributed by atoms with E-state index in [-0.39, 0.29) is 12.0 Å². The summed E-state index contributed by atoms with van der Waals surface area (Å²) >= 11 is 19.5. The number of rotatable bonds is 4. The zero-order valence-electron chi connectivity index (χ0n) is 13.9. The molecule has 132 valence electrons. The van der Waals surface area contributed by atoms with Gasteiger partial charge in [-0.05, 0) is 56.1 Å². The normalized spacial score (nSPS) is 24.4. The SMILES string of the molecule is CN(C)C1(Cl)C=CC(N)=CC1C(c1cc(Cl)cc(Cl)c1)n1cccn1. The smallest absolute Gasteiger partial charge is 0.123 e. The van der Waals surface area contributed by atoms with Crippen molar-refractivity contribution in [1.29, 1.82) is 0 Å². The summed E-state index contributed by atoms with van der Waals surface area (Å²) in [7, 11) is 3.87. The van der Waals surface area contributed by atoms with Gasteiger partial charge in [-0.2, -0.15) is 5.10 Å². The molecule has 3 atom stereocenters. The molecule has 3 unspecified atom stereocenters. The maximum absolute atomic E-state index is 7.01. The van der Waals surface area contributed by atoms with Crippen LogP contribution in [0.1, 0.15) is 11.6 Å². The molecular formula is C18H19Cl3N4. The van der Waals surface area contributed by atoms with Crippen LogP contribution in [0.15, 0.2) is 60.6 Å². The van der Waals surface area contributed by atoms with Crippen molar-refractivity contribution in [3.8, 4) is 0 Å². The Morgan fingerprint density at radius 3 is 2.48 bits per heavy atom. The molecular weight excluding hydrogens is 379 g/mol. The van der Waals surface area contributed by atoms with Crippen LogP contribution in [-0.4, -0.2) is 33.8 Å². The summed E-state index contributed by atoms with van der Waals surface area (Å²) in [6, 6.07) is 7.12.